The Bertz CT molecular complexity index is 155. The van der Waals surface area contributed by atoms with Crippen LogP contribution in [-0.4, -0.2) is 5.48 Å². The predicted octanol–water partition coefficient (Wildman–Crippen LogP) is -2.32. The molecule has 0 amide bonds. The standard InChI is InChI=1S/C6H8N2.K.H2O/c7-5-1-2-6(8)4-3-5;;/h1-4H,7-8H2;;1H2/q;+1;/p-1. The van der Waals surface area contributed by atoms with Crippen LogP contribution in [-0.2, 0) is 0 Å². The van der Waals surface area contributed by atoms with Crippen LogP contribution in [0.1, 0.15) is 0 Å². The topological polar surface area (TPSA) is 82.0 Å². The summed E-state index contributed by atoms with van der Waals surface area (Å²) in [6.07, 6.45) is 0. The van der Waals surface area contributed by atoms with Gasteiger partial charge in [0.25, 0.3) is 0 Å². The van der Waals surface area contributed by atoms with E-state index in [0.29, 0.717) is 0 Å². The summed E-state index contributed by atoms with van der Waals surface area (Å²) in [7, 11) is 0. The molecule has 0 spiro atoms. The van der Waals surface area contributed by atoms with Crippen molar-refractivity contribution in [3.05, 3.63) is 24.3 Å². The molecular formula is C6H9KN2O. The number of rotatable bonds is 0. The van der Waals surface area contributed by atoms with Gasteiger partial charge in [0.05, 0.1) is 0 Å². The molecule has 0 atom stereocenters. The molecule has 0 heterocycles. The van der Waals surface area contributed by atoms with Gasteiger partial charge in [-0.3, -0.25) is 0 Å². The van der Waals surface area contributed by atoms with Gasteiger partial charge in [-0.05, 0) is 24.3 Å². The maximum Gasteiger partial charge on any atom is 1.00 e. The monoisotopic (exact) mass is 164 g/mol. The Labute approximate surface area is 103 Å². The first-order chi connectivity index (χ1) is 3.79. The molecule has 1 rings (SSSR count). The van der Waals surface area contributed by atoms with Crippen LogP contribution in [0, 0.1) is 0 Å². The molecule has 0 bridgehead atoms. The normalized spacial score (nSPS) is 7.20. The van der Waals surface area contributed by atoms with Gasteiger partial charge < -0.3 is 16.9 Å². The summed E-state index contributed by atoms with van der Waals surface area (Å²) in [5.74, 6) is 0. The molecule has 4 heteroatoms. The number of hydrogen-bond acceptors (Lipinski definition) is 3. The first-order valence-corrected chi connectivity index (χ1v) is 2.40. The van der Waals surface area contributed by atoms with Gasteiger partial charge in [0.1, 0.15) is 0 Å². The van der Waals surface area contributed by atoms with E-state index in [4.69, 9.17) is 11.5 Å². The summed E-state index contributed by atoms with van der Waals surface area (Å²) < 4.78 is 0. The van der Waals surface area contributed by atoms with Crippen LogP contribution in [0.4, 0.5) is 11.4 Å². The Morgan fingerprint density at radius 2 is 1.00 bits per heavy atom. The zero-order valence-corrected chi connectivity index (χ0v) is 9.03. The second-order valence-corrected chi connectivity index (χ2v) is 1.67. The fourth-order valence-corrected chi connectivity index (χ4v) is 0.496. The van der Waals surface area contributed by atoms with Crippen molar-refractivity contribution in [1.82, 2.24) is 0 Å². The van der Waals surface area contributed by atoms with Gasteiger partial charge >= 0.3 is 51.4 Å². The van der Waals surface area contributed by atoms with Gasteiger partial charge in [0.15, 0.2) is 0 Å². The fraction of sp³-hybridized carbons (Fsp3) is 0. The molecule has 10 heavy (non-hydrogen) atoms. The van der Waals surface area contributed by atoms with E-state index < -0.39 is 0 Å². The third-order valence-electron chi connectivity index (χ3n) is 0.936. The Kier molecular flexibility index (Phi) is 8.02. The number of hydrogen-bond donors (Lipinski definition) is 2. The fourth-order valence-electron chi connectivity index (χ4n) is 0.496. The number of nitrogens with two attached hydrogens (primary N) is 2. The van der Waals surface area contributed by atoms with Gasteiger partial charge in [-0.2, -0.15) is 0 Å². The SMILES string of the molecule is Nc1ccc(N)cc1.[K+].[OH-]. The quantitative estimate of drug-likeness (QED) is 0.333. The van der Waals surface area contributed by atoms with Crippen LogP contribution in [0.2, 0.25) is 0 Å². The number of anilines is 2. The van der Waals surface area contributed by atoms with Crippen molar-refractivity contribution < 1.29 is 56.9 Å². The Hall–Kier alpha value is 0.416. The number of nitrogen functional groups attached to an aromatic ring is 2. The van der Waals surface area contributed by atoms with Crippen molar-refractivity contribution in [1.29, 1.82) is 0 Å². The number of benzene rings is 1. The largest absolute Gasteiger partial charge is 1.00 e. The molecule has 0 saturated carbocycles. The molecule has 0 unspecified atom stereocenters. The van der Waals surface area contributed by atoms with Crippen molar-refractivity contribution in [3.8, 4) is 0 Å². The first kappa shape index (κ1) is 13.0. The first-order valence-electron chi connectivity index (χ1n) is 2.40. The van der Waals surface area contributed by atoms with Gasteiger partial charge in [0.2, 0.25) is 0 Å². The molecule has 0 aliphatic carbocycles. The summed E-state index contributed by atoms with van der Waals surface area (Å²) >= 11 is 0. The minimum atomic E-state index is 0. The Morgan fingerprint density at radius 3 is 1.20 bits per heavy atom. The van der Waals surface area contributed by atoms with Crippen LogP contribution in [0.25, 0.3) is 0 Å². The minimum Gasteiger partial charge on any atom is -0.870 e. The van der Waals surface area contributed by atoms with Crippen LogP contribution >= 0.6 is 0 Å². The third-order valence-corrected chi connectivity index (χ3v) is 0.936. The van der Waals surface area contributed by atoms with E-state index in [1.165, 1.54) is 0 Å². The molecule has 3 nitrogen and oxygen atoms in total. The van der Waals surface area contributed by atoms with E-state index >= 15 is 0 Å². The average Bonchev–Trinajstić information content (AvgIpc) is 1.77. The van der Waals surface area contributed by atoms with E-state index in [1.807, 2.05) is 0 Å². The molecule has 0 aromatic heterocycles. The molecule has 5 N–H and O–H groups in total. The van der Waals surface area contributed by atoms with Crippen LogP contribution in [0.15, 0.2) is 24.3 Å². The second kappa shape index (κ2) is 6.15. The molecule has 1 aromatic rings. The Balaban J connectivity index is 0. The third kappa shape index (κ3) is 4.27. The summed E-state index contributed by atoms with van der Waals surface area (Å²) in [6, 6.07) is 7.09. The van der Waals surface area contributed by atoms with Crippen molar-refractivity contribution in [2.75, 3.05) is 11.5 Å². The van der Waals surface area contributed by atoms with E-state index in [9.17, 15) is 0 Å². The molecule has 0 radical (unpaired) electrons. The van der Waals surface area contributed by atoms with Crippen molar-refractivity contribution in [2.24, 2.45) is 0 Å². The van der Waals surface area contributed by atoms with Crippen LogP contribution in [0.3, 0.4) is 0 Å². The van der Waals surface area contributed by atoms with Gasteiger partial charge in [-0.15, -0.1) is 0 Å². The summed E-state index contributed by atoms with van der Waals surface area (Å²) in [5.41, 5.74) is 12.2. The second-order valence-electron chi connectivity index (χ2n) is 1.67. The minimum absolute atomic E-state index is 0. The van der Waals surface area contributed by atoms with Gasteiger partial charge in [-0.1, -0.05) is 0 Å². The maximum absolute atomic E-state index is 5.37. The van der Waals surface area contributed by atoms with Crippen molar-refractivity contribution in [3.63, 3.8) is 0 Å². The van der Waals surface area contributed by atoms with Crippen LogP contribution < -0.4 is 62.9 Å². The summed E-state index contributed by atoms with van der Waals surface area (Å²) in [6.45, 7) is 0. The zero-order chi connectivity index (χ0) is 5.98. The van der Waals surface area contributed by atoms with Crippen molar-refractivity contribution in [2.45, 2.75) is 0 Å². The van der Waals surface area contributed by atoms with E-state index in [2.05, 4.69) is 0 Å². The molecule has 1 aromatic carbocycles. The smallest absolute Gasteiger partial charge is 0.870 e. The molecule has 0 saturated heterocycles. The van der Waals surface area contributed by atoms with E-state index in [1.54, 1.807) is 24.3 Å². The molecule has 0 fully saturated rings. The Morgan fingerprint density at radius 1 is 0.800 bits per heavy atom. The molecule has 50 valence electrons. The van der Waals surface area contributed by atoms with E-state index in [0.717, 1.165) is 11.4 Å². The maximum atomic E-state index is 5.37. The molecule has 0 aliphatic rings. The van der Waals surface area contributed by atoms with Gasteiger partial charge in [0, 0.05) is 11.4 Å². The van der Waals surface area contributed by atoms with Gasteiger partial charge in [-0.25, -0.2) is 0 Å². The summed E-state index contributed by atoms with van der Waals surface area (Å²) in [4.78, 5) is 0. The summed E-state index contributed by atoms with van der Waals surface area (Å²) in [5, 5.41) is 0. The molecular weight excluding hydrogens is 155 g/mol. The average molecular weight is 164 g/mol. The molecule has 0 aliphatic heterocycles. The van der Waals surface area contributed by atoms with Crippen molar-refractivity contribution >= 4 is 11.4 Å². The van der Waals surface area contributed by atoms with E-state index in [-0.39, 0.29) is 56.9 Å². The van der Waals surface area contributed by atoms with Crippen LogP contribution in [0.5, 0.6) is 0 Å². The predicted molar refractivity (Wildman–Crippen MR) is 37.2 cm³/mol. The zero-order valence-electron chi connectivity index (χ0n) is 5.91.